The number of nitrogens with one attached hydrogen (secondary N) is 3. The molecule has 172 valence electrons. The van der Waals surface area contributed by atoms with E-state index in [1.807, 2.05) is 0 Å². The largest absolute Gasteiger partial charge is 0.508 e. The maximum absolute atomic E-state index is 12.6. The van der Waals surface area contributed by atoms with Gasteiger partial charge in [-0.3, -0.25) is 19.2 Å². The van der Waals surface area contributed by atoms with E-state index in [0.717, 1.165) is 0 Å². The van der Waals surface area contributed by atoms with Crippen molar-refractivity contribution < 1.29 is 34.5 Å². The van der Waals surface area contributed by atoms with Gasteiger partial charge in [0.1, 0.15) is 24.4 Å². The molecule has 11 nitrogen and oxygen atoms in total. The zero-order chi connectivity index (χ0) is 23.6. The molecule has 4 atom stereocenters. The molecular weight excluding hydrogens is 408 g/mol. The van der Waals surface area contributed by atoms with E-state index in [2.05, 4.69) is 16.0 Å². The number of aromatic hydroxyl groups is 1. The maximum Gasteiger partial charge on any atom is 0.322 e. The highest BCUT2D eigenvalue weighted by molar-refractivity contribution is 5.93. The Balaban J connectivity index is 2.75. The summed E-state index contributed by atoms with van der Waals surface area (Å²) in [6.07, 6.45) is 0.651. The number of carbonyl (C=O) groups excluding carboxylic acids is 3. The average molecular weight is 438 g/mol. The summed E-state index contributed by atoms with van der Waals surface area (Å²) < 4.78 is 0. The van der Waals surface area contributed by atoms with Crippen LogP contribution in [0, 0.1) is 5.92 Å². The van der Waals surface area contributed by atoms with Crippen LogP contribution in [0.1, 0.15) is 25.8 Å². The molecule has 0 bridgehead atoms. The number of aliphatic hydroxyl groups is 1. The van der Waals surface area contributed by atoms with E-state index in [4.69, 9.17) is 10.8 Å². The number of aliphatic hydroxyl groups excluding tert-OH is 1. The van der Waals surface area contributed by atoms with Crippen LogP contribution in [0.5, 0.6) is 5.75 Å². The lowest BCUT2D eigenvalue weighted by molar-refractivity contribution is -0.139. The third-order valence-electron chi connectivity index (χ3n) is 4.75. The number of carboxylic acid groups (broad SMARTS) is 1. The highest BCUT2D eigenvalue weighted by atomic mass is 16.4. The lowest BCUT2D eigenvalue weighted by Crippen LogP contribution is -2.58. The topological polar surface area (TPSA) is 191 Å². The standard InChI is InChI=1S/C20H30N4O7/c1-3-11(2)17(20(31)22-9-16(27)28)24-19(30)15(10-25)23-18(29)14(21)8-12-4-6-13(26)7-5-12/h4-7,11,14-15,17,25-26H,3,8-10,21H2,1-2H3,(H,22,31)(H,23,29)(H,24,30)(H,27,28). The summed E-state index contributed by atoms with van der Waals surface area (Å²) in [5, 5.41) is 34.6. The van der Waals surface area contributed by atoms with Crippen molar-refractivity contribution in [3.8, 4) is 5.75 Å². The molecule has 0 aliphatic carbocycles. The van der Waals surface area contributed by atoms with Gasteiger partial charge in [0.15, 0.2) is 0 Å². The Morgan fingerprint density at radius 2 is 1.65 bits per heavy atom. The van der Waals surface area contributed by atoms with Crippen molar-refractivity contribution in [3.05, 3.63) is 29.8 Å². The van der Waals surface area contributed by atoms with Crippen LogP contribution in [0.2, 0.25) is 0 Å². The number of hydrogen-bond acceptors (Lipinski definition) is 7. The Hall–Kier alpha value is -3.18. The normalized spacial score (nSPS) is 14.6. The van der Waals surface area contributed by atoms with Crippen molar-refractivity contribution in [1.29, 1.82) is 0 Å². The number of phenolic OH excluding ortho intramolecular Hbond substituents is 1. The minimum absolute atomic E-state index is 0.0713. The number of nitrogens with two attached hydrogens (primary N) is 1. The van der Waals surface area contributed by atoms with Gasteiger partial charge in [0.2, 0.25) is 17.7 Å². The van der Waals surface area contributed by atoms with Crippen molar-refractivity contribution in [1.82, 2.24) is 16.0 Å². The zero-order valence-electron chi connectivity index (χ0n) is 17.5. The van der Waals surface area contributed by atoms with Crippen molar-refractivity contribution in [2.45, 2.75) is 44.8 Å². The van der Waals surface area contributed by atoms with Crippen molar-refractivity contribution in [2.24, 2.45) is 11.7 Å². The Morgan fingerprint density at radius 1 is 1.03 bits per heavy atom. The maximum atomic E-state index is 12.6. The molecule has 0 saturated carbocycles. The molecule has 0 aliphatic rings. The lowest BCUT2D eigenvalue weighted by Gasteiger charge is -2.26. The van der Waals surface area contributed by atoms with Crippen LogP contribution in [0.3, 0.4) is 0 Å². The summed E-state index contributed by atoms with van der Waals surface area (Å²) in [6.45, 7) is 2.16. The predicted octanol–water partition coefficient (Wildman–Crippen LogP) is -1.53. The summed E-state index contributed by atoms with van der Waals surface area (Å²) in [4.78, 5) is 47.8. The highest BCUT2D eigenvalue weighted by Crippen LogP contribution is 2.11. The minimum Gasteiger partial charge on any atom is -0.508 e. The molecule has 4 unspecified atom stereocenters. The van der Waals surface area contributed by atoms with E-state index in [0.29, 0.717) is 12.0 Å². The van der Waals surface area contributed by atoms with Crippen LogP contribution in [0.4, 0.5) is 0 Å². The van der Waals surface area contributed by atoms with Crippen LogP contribution in [-0.2, 0) is 25.6 Å². The molecule has 0 radical (unpaired) electrons. The van der Waals surface area contributed by atoms with E-state index < -0.39 is 55.0 Å². The molecule has 0 aromatic heterocycles. The second-order valence-corrected chi connectivity index (χ2v) is 7.20. The molecule has 0 fully saturated rings. The molecule has 0 aliphatic heterocycles. The van der Waals surface area contributed by atoms with Gasteiger partial charge in [0, 0.05) is 0 Å². The molecule has 1 rings (SSSR count). The van der Waals surface area contributed by atoms with Crippen molar-refractivity contribution in [3.63, 3.8) is 0 Å². The molecule has 0 spiro atoms. The number of benzene rings is 1. The number of aliphatic carboxylic acids is 1. The molecule has 1 aromatic carbocycles. The summed E-state index contributed by atoms with van der Waals surface area (Å²) in [7, 11) is 0. The lowest BCUT2D eigenvalue weighted by atomic mass is 9.98. The quantitative estimate of drug-likeness (QED) is 0.204. The fourth-order valence-electron chi connectivity index (χ4n) is 2.68. The Kier molecular flexibility index (Phi) is 10.4. The molecule has 11 heteroatoms. The second kappa shape index (κ2) is 12.5. The van der Waals surface area contributed by atoms with Gasteiger partial charge in [0.05, 0.1) is 12.6 Å². The van der Waals surface area contributed by atoms with Crippen molar-refractivity contribution in [2.75, 3.05) is 13.2 Å². The fraction of sp³-hybridized carbons (Fsp3) is 0.500. The van der Waals surface area contributed by atoms with Crippen LogP contribution in [-0.4, -0.2) is 70.3 Å². The van der Waals surface area contributed by atoms with E-state index in [1.165, 1.54) is 12.1 Å². The number of rotatable bonds is 12. The summed E-state index contributed by atoms with van der Waals surface area (Å²) in [5.74, 6) is -3.66. The number of amides is 3. The van der Waals surface area contributed by atoms with E-state index in [1.54, 1.807) is 26.0 Å². The first kappa shape index (κ1) is 25.9. The number of carbonyl (C=O) groups is 4. The van der Waals surface area contributed by atoms with E-state index in [9.17, 15) is 29.4 Å². The molecule has 1 aromatic rings. The molecule has 8 N–H and O–H groups in total. The molecule has 0 saturated heterocycles. The predicted molar refractivity (Wildman–Crippen MR) is 111 cm³/mol. The summed E-state index contributed by atoms with van der Waals surface area (Å²) >= 11 is 0. The average Bonchev–Trinajstić information content (AvgIpc) is 2.74. The van der Waals surface area contributed by atoms with Gasteiger partial charge in [-0.05, 0) is 30.0 Å². The van der Waals surface area contributed by atoms with Gasteiger partial charge in [0.25, 0.3) is 0 Å². The highest BCUT2D eigenvalue weighted by Gasteiger charge is 2.30. The van der Waals surface area contributed by atoms with Crippen LogP contribution < -0.4 is 21.7 Å². The fourth-order valence-corrected chi connectivity index (χ4v) is 2.68. The number of phenols is 1. The van der Waals surface area contributed by atoms with Crippen LogP contribution in [0.15, 0.2) is 24.3 Å². The Labute approximate surface area is 180 Å². The molecule has 3 amide bonds. The Bertz CT molecular complexity index is 769. The van der Waals surface area contributed by atoms with Gasteiger partial charge in [-0.25, -0.2) is 0 Å². The van der Waals surface area contributed by atoms with E-state index >= 15 is 0 Å². The zero-order valence-corrected chi connectivity index (χ0v) is 17.5. The molecule has 0 heterocycles. The van der Waals surface area contributed by atoms with E-state index in [-0.39, 0.29) is 18.1 Å². The number of hydrogen-bond donors (Lipinski definition) is 7. The first-order valence-electron chi connectivity index (χ1n) is 9.83. The van der Waals surface area contributed by atoms with Gasteiger partial charge in [-0.1, -0.05) is 32.4 Å². The van der Waals surface area contributed by atoms with Gasteiger partial charge < -0.3 is 37.0 Å². The first-order valence-corrected chi connectivity index (χ1v) is 9.83. The third kappa shape index (κ3) is 8.60. The summed E-state index contributed by atoms with van der Waals surface area (Å²) in [6, 6.07) is 2.69. The second-order valence-electron chi connectivity index (χ2n) is 7.20. The molecule has 31 heavy (non-hydrogen) atoms. The monoisotopic (exact) mass is 438 g/mol. The smallest absolute Gasteiger partial charge is 0.322 e. The van der Waals surface area contributed by atoms with Crippen LogP contribution >= 0.6 is 0 Å². The van der Waals surface area contributed by atoms with Gasteiger partial charge >= 0.3 is 5.97 Å². The number of carboxylic acids is 1. The summed E-state index contributed by atoms with van der Waals surface area (Å²) in [5.41, 5.74) is 6.56. The van der Waals surface area contributed by atoms with Gasteiger partial charge in [-0.15, -0.1) is 0 Å². The van der Waals surface area contributed by atoms with Crippen LogP contribution in [0.25, 0.3) is 0 Å². The molecular formula is C20H30N4O7. The first-order chi connectivity index (χ1) is 14.6. The van der Waals surface area contributed by atoms with Gasteiger partial charge in [-0.2, -0.15) is 0 Å². The SMILES string of the molecule is CCC(C)C(NC(=O)C(CO)NC(=O)C(N)Cc1ccc(O)cc1)C(=O)NCC(=O)O. The minimum atomic E-state index is -1.35. The Morgan fingerprint density at radius 3 is 2.16 bits per heavy atom. The third-order valence-corrected chi connectivity index (χ3v) is 4.75. The van der Waals surface area contributed by atoms with Crippen molar-refractivity contribution >= 4 is 23.7 Å².